The van der Waals surface area contributed by atoms with Gasteiger partial charge in [0.25, 0.3) is 0 Å². The fraction of sp³-hybridized carbons (Fsp3) is 0.265. The average molecular weight is 584 g/mol. The zero-order valence-corrected chi connectivity index (χ0v) is 25.2. The zero-order chi connectivity index (χ0) is 30.4. The Labute approximate surface area is 248 Å². The van der Waals surface area contributed by atoms with Gasteiger partial charge in [0.15, 0.2) is 34.5 Å². The van der Waals surface area contributed by atoms with Crippen LogP contribution in [0, 0.1) is 0 Å². The number of pyridine rings is 1. The fourth-order valence-electron chi connectivity index (χ4n) is 5.71. The number of methoxy groups -OCH3 is 4. The second-order valence-electron chi connectivity index (χ2n) is 10.3. The summed E-state index contributed by atoms with van der Waals surface area (Å²) in [5.41, 5.74) is 2.72. The quantitative estimate of drug-likeness (QED) is 0.165. The summed E-state index contributed by atoms with van der Waals surface area (Å²) in [7, 11) is 6.40. The van der Waals surface area contributed by atoms with Crippen LogP contribution in [-0.2, 0) is 0 Å². The molecular formula is C34H33NO8. The van der Waals surface area contributed by atoms with Gasteiger partial charge in [0.1, 0.15) is 11.1 Å². The molecule has 9 nitrogen and oxygen atoms in total. The third kappa shape index (κ3) is 4.52. The predicted octanol–water partition coefficient (Wildman–Crippen LogP) is 7.24. The Balaban J connectivity index is 1.85. The number of ether oxygens (including phenoxy) is 6. The Kier molecular flexibility index (Phi) is 7.17. The number of rotatable bonds is 9. The van der Waals surface area contributed by atoms with Crippen LogP contribution in [-0.4, -0.2) is 45.6 Å². The van der Waals surface area contributed by atoms with Crippen molar-refractivity contribution in [2.75, 3.05) is 35.0 Å². The van der Waals surface area contributed by atoms with Gasteiger partial charge >= 0.3 is 5.63 Å². The highest BCUT2D eigenvalue weighted by atomic mass is 16.5. The Hall–Kier alpha value is -5.05. The summed E-state index contributed by atoms with van der Waals surface area (Å²) in [5, 5.41) is 3.17. The molecule has 0 aliphatic heterocycles. The van der Waals surface area contributed by atoms with Crippen molar-refractivity contribution in [2.45, 2.75) is 26.9 Å². The molecule has 3 heterocycles. The van der Waals surface area contributed by atoms with Gasteiger partial charge in [0.2, 0.25) is 0 Å². The smallest absolute Gasteiger partial charge is 0.361 e. The first kappa shape index (κ1) is 28.1. The third-order valence-electron chi connectivity index (χ3n) is 7.47. The fourth-order valence-corrected chi connectivity index (χ4v) is 5.71. The van der Waals surface area contributed by atoms with E-state index in [1.165, 1.54) is 0 Å². The maximum atomic E-state index is 13.8. The lowest BCUT2D eigenvalue weighted by molar-refractivity contribution is 0.230. The van der Waals surface area contributed by atoms with Gasteiger partial charge in [-0.2, -0.15) is 0 Å². The van der Waals surface area contributed by atoms with Crippen LogP contribution in [0.2, 0.25) is 0 Å². The van der Waals surface area contributed by atoms with Crippen molar-refractivity contribution in [1.29, 1.82) is 0 Å². The van der Waals surface area contributed by atoms with Gasteiger partial charge in [0, 0.05) is 34.0 Å². The number of nitrogens with zero attached hydrogens (tertiary/aromatic N) is 1. The van der Waals surface area contributed by atoms with Crippen molar-refractivity contribution >= 4 is 38.2 Å². The van der Waals surface area contributed by atoms with E-state index in [-0.39, 0.29) is 6.10 Å². The molecule has 0 saturated heterocycles. The summed E-state index contributed by atoms with van der Waals surface area (Å²) in [6, 6.07) is 15.1. The maximum Gasteiger partial charge on any atom is 0.361 e. The molecule has 0 aliphatic carbocycles. The van der Waals surface area contributed by atoms with Gasteiger partial charge in [-0.25, -0.2) is 4.79 Å². The summed E-state index contributed by atoms with van der Waals surface area (Å²) in [6.45, 7) is 6.23. The summed E-state index contributed by atoms with van der Waals surface area (Å²) >= 11 is 0. The molecule has 0 spiro atoms. The number of hydrogen-bond donors (Lipinski definition) is 0. The van der Waals surface area contributed by atoms with Gasteiger partial charge in [-0.15, -0.1) is 0 Å². The minimum atomic E-state index is -0.484. The first-order valence-electron chi connectivity index (χ1n) is 14.0. The molecular weight excluding hydrogens is 550 g/mol. The molecule has 9 heteroatoms. The molecule has 6 rings (SSSR count). The maximum absolute atomic E-state index is 13.8. The number of hydrogen-bond acceptors (Lipinski definition) is 8. The Morgan fingerprint density at radius 1 is 0.744 bits per heavy atom. The predicted molar refractivity (Wildman–Crippen MR) is 167 cm³/mol. The van der Waals surface area contributed by atoms with Crippen molar-refractivity contribution < 1.29 is 32.8 Å². The summed E-state index contributed by atoms with van der Waals surface area (Å²) in [5.74, 6) is 3.38. The Morgan fingerprint density at radius 2 is 1.42 bits per heavy atom. The van der Waals surface area contributed by atoms with Crippen LogP contribution in [0.5, 0.6) is 34.5 Å². The van der Waals surface area contributed by atoms with Crippen molar-refractivity contribution in [3.63, 3.8) is 0 Å². The van der Waals surface area contributed by atoms with Crippen molar-refractivity contribution in [3.8, 4) is 45.6 Å². The second kappa shape index (κ2) is 11.0. The van der Waals surface area contributed by atoms with E-state index in [0.717, 1.165) is 27.4 Å². The largest absolute Gasteiger partial charge is 0.493 e. The summed E-state index contributed by atoms with van der Waals surface area (Å²) < 4.78 is 42.4. The van der Waals surface area contributed by atoms with E-state index in [1.54, 1.807) is 34.5 Å². The van der Waals surface area contributed by atoms with Gasteiger partial charge in [0.05, 0.1) is 46.7 Å². The number of fused-ring (bicyclic) bond motifs is 7. The van der Waals surface area contributed by atoms with Crippen LogP contribution in [0.4, 0.5) is 0 Å². The van der Waals surface area contributed by atoms with Gasteiger partial charge < -0.3 is 37.2 Å². The number of benzene rings is 3. The topological polar surface area (TPSA) is 90.0 Å². The lowest BCUT2D eigenvalue weighted by Gasteiger charge is -2.15. The molecule has 3 aromatic carbocycles. The van der Waals surface area contributed by atoms with Gasteiger partial charge in [-0.05, 0) is 68.1 Å². The van der Waals surface area contributed by atoms with E-state index < -0.39 is 5.63 Å². The molecule has 0 bridgehead atoms. The standard InChI is InChI=1S/C34H33NO8/c1-8-41-28-14-20(9-10-23(28)37-4)30-31-22-16-27(40-7)29(42-18(2)3)17-24(22)43-34(36)33(31)35-12-11-19-13-25(38-5)26(39-6)15-21(19)32(30)35/h9-18H,8H2,1-7H3. The van der Waals surface area contributed by atoms with Crippen LogP contribution in [0.25, 0.3) is 49.3 Å². The molecule has 43 heavy (non-hydrogen) atoms. The zero-order valence-electron chi connectivity index (χ0n) is 25.2. The molecule has 0 radical (unpaired) electrons. The minimum Gasteiger partial charge on any atom is -0.493 e. The molecule has 222 valence electrons. The van der Waals surface area contributed by atoms with Crippen LogP contribution in [0.1, 0.15) is 20.8 Å². The summed E-state index contributed by atoms with van der Waals surface area (Å²) in [4.78, 5) is 13.8. The van der Waals surface area contributed by atoms with Crippen LogP contribution < -0.4 is 34.0 Å². The highest BCUT2D eigenvalue weighted by molar-refractivity contribution is 6.22. The molecule has 0 saturated carbocycles. The highest BCUT2D eigenvalue weighted by Crippen LogP contribution is 2.46. The van der Waals surface area contributed by atoms with Crippen LogP contribution in [0.15, 0.2) is 63.9 Å². The lowest BCUT2D eigenvalue weighted by atomic mass is 9.98. The van der Waals surface area contributed by atoms with Crippen LogP contribution in [0.3, 0.4) is 0 Å². The molecule has 0 atom stereocenters. The van der Waals surface area contributed by atoms with E-state index in [9.17, 15) is 4.79 Å². The van der Waals surface area contributed by atoms with E-state index in [4.69, 9.17) is 32.8 Å². The third-order valence-corrected chi connectivity index (χ3v) is 7.47. The van der Waals surface area contributed by atoms with E-state index in [2.05, 4.69) is 0 Å². The first-order valence-corrected chi connectivity index (χ1v) is 14.0. The normalized spacial score (nSPS) is 11.5. The molecule has 0 N–H and O–H groups in total. The van der Waals surface area contributed by atoms with Gasteiger partial charge in [-0.1, -0.05) is 6.07 Å². The second-order valence-corrected chi connectivity index (χ2v) is 10.3. The molecule has 0 fully saturated rings. The lowest BCUT2D eigenvalue weighted by Crippen LogP contribution is -2.07. The Morgan fingerprint density at radius 3 is 2.09 bits per heavy atom. The SMILES string of the molecule is CCOc1cc(-c2c3c4cc(OC)c(OC(C)C)cc4oc(=O)c3n3ccc4cc(OC)c(OC)cc4c23)ccc1OC. The molecule has 0 aliphatic rings. The summed E-state index contributed by atoms with van der Waals surface area (Å²) in [6.07, 6.45) is 1.77. The number of aromatic nitrogens is 1. The van der Waals surface area contributed by atoms with Crippen molar-refractivity contribution in [1.82, 2.24) is 4.40 Å². The highest BCUT2D eigenvalue weighted by Gasteiger charge is 2.25. The molecule has 0 amide bonds. The molecule has 3 aromatic heterocycles. The van der Waals surface area contributed by atoms with E-state index in [1.807, 2.05) is 73.8 Å². The Bertz CT molecular complexity index is 2070. The minimum absolute atomic E-state index is 0.107. The monoisotopic (exact) mass is 583 g/mol. The van der Waals surface area contributed by atoms with Crippen LogP contribution >= 0.6 is 0 Å². The van der Waals surface area contributed by atoms with Crippen molar-refractivity contribution in [3.05, 3.63) is 65.1 Å². The molecule has 6 aromatic rings. The first-order chi connectivity index (χ1) is 20.8. The van der Waals surface area contributed by atoms with E-state index >= 15 is 0 Å². The van der Waals surface area contributed by atoms with Crippen molar-refractivity contribution in [2.24, 2.45) is 0 Å². The van der Waals surface area contributed by atoms with E-state index in [0.29, 0.717) is 63.0 Å². The van der Waals surface area contributed by atoms with Gasteiger partial charge in [-0.3, -0.25) is 0 Å². The molecule has 0 unspecified atom stereocenters. The average Bonchev–Trinajstić information content (AvgIpc) is 3.36.